The summed E-state index contributed by atoms with van der Waals surface area (Å²) in [5.74, 6) is 0.161. The van der Waals surface area contributed by atoms with Crippen LogP contribution in [0.3, 0.4) is 0 Å². The number of methoxy groups -OCH3 is 1. The minimum absolute atomic E-state index is 0.0320. The van der Waals surface area contributed by atoms with Gasteiger partial charge in [0.15, 0.2) is 12.4 Å². The van der Waals surface area contributed by atoms with E-state index in [1.807, 2.05) is 11.5 Å². The molecule has 1 unspecified atom stereocenters. The molecule has 1 aromatic carbocycles. The lowest BCUT2D eigenvalue weighted by molar-refractivity contribution is -0.147. The van der Waals surface area contributed by atoms with Gasteiger partial charge in [-0.1, -0.05) is 11.2 Å². The van der Waals surface area contributed by atoms with Crippen LogP contribution in [-0.4, -0.2) is 47.6 Å². The third-order valence-electron chi connectivity index (χ3n) is 5.75. The number of esters is 1. The van der Waals surface area contributed by atoms with Crippen LogP contribution < -0.4 is 9.64 Å². The molecule has 4 rings (SSSR count). The van der Waals surface area contributed by atoms with Crippen molar-refractivity contribution in [1.82, 2.24) is 9.72 Å². The molecule has 0 aliphatic carbocycles. The Bertz CT molecular complexity index is 1220. The van der Waals surface area contributed by atoms with E-state index in [1.165, 1.54) is 4.90 Å². The standard InChI is InChI=1S/C24H25N3O6/c1-14-8-20(16(3)27(14)22-9-15(2)33-25-22)21(28)13-32-24(30)17-10-23(29)26(12-17)18-6-5-7-19(11-18)31-4/h5-9,11,17H,10,12-13H2,1-4H3. The highest BCUT2D eigenvalue weighted by molar-refractivity contribution is 6.01. The highest BCUT2D eigenvalue weighted by Gasteiger charge is 2.36. The second kappa shape index (κ2) is 8.93. The molecule has 1 saturated heterocycles. The van der Waals surface area contributed by atoms with Crippen LogP contribution in [0.15, 0.2) is 40.9 Å². The number of ketones is 1. The monoisotopic (exact) mass is 451 g/mol. The number of amides is 1. The van der Waals surface area contributed by atoms with Crippen LogP contribution in [0.5, 0.6) is 5.75 Å². The SMILES string of the molecule is COc1cccc(N2CC(C(=O)OCC(=O)c3cc(C)n(-c4cc(C)on4)c3C)CC2=O)c1. The number of Topliss-reactive ketones (excluding diaryl/α,β-unsaturated/α-hetero) is 1. The first-order chi connectivity index (χ1) is 15.8. The molecule has 1 atom stereocenters. The largest absolute Gasteiger partial charge is 0.497 e. The topological polar surface area (TPSA) is 104 Å². The first-order valence-corrected chi connectivity index (χ1v) is 10.6. The van der Waals surface area contributed by atoms with Crippen molar-refractivity contribution >= 4 is 23.3 Å². The van der Waals surface area contributed by atoms with Gasteiger partial charge >= 0.3 is 5.97 Å². The average Bonchev–Trinajstić information content (AvgIpc) is 3.48. The first kappa shape index (κ1) is 22.3. The summed E-state index contributed by atoms with van der Waals surface area (Å²) in [5, 5.41) is 4.00. The summed E-state index contributed by atoms with van der Waals surface area (Å²) in [6, 6.07) is 10.6. The molecular formula is C24H25N3O6. The fourth-order valence-corrected chi connectivity index (χ4v) is 4.08. The van der Waals surface area contributed by atoms with Gasteiger partial charge in [0, 0.05) is 47.7 Å². The fourth-order valence-electron chi connectivity index (χ4n) is 4.08. The maximum absolute atomic E-state index is 12.8. The Hall–Kier alpha value is -3.88. The van der Waals surface area contributed by atoms with Crippen LogP contribution in [0.2, 0.25) is 0 Å². The lowest BCUT2D eigenvalue weighted by atomic mass is 10.1. The lowest BCUT2D eigenvalue weighted by Crippen LogP contribution is -2.27. The molecular weight excluding hydrogens is 426 g/mol. The van der Waals surface area contributed by atoms with Gasteiger partial charge in [0.05, 0.1) is 13.0 Å². The van der Waals surface area contributed by atoms with E-state index in [0.717, 1.165) is 5.69 Å². The zero-order valence-electron chi connectivity index (χ0n) is 19.0. The van der Waals surface area contributed by atoms with Crippen LogP contribution in [-0.2, 0) is 14.3 Å². The van der Waals surface area contributed by atoms with Crippen molar-refractivity contribution in [1.29, 1.82) is 0 Å². The van der Waals surface area contributed by atoms with E-state index in [1.54, 1.807) is 57.4 Å². The van der Waals surface area contributed by atoms with Gasteiger partial charge in [0.1, 0.15) is 11.5 Å². The molecule has 0 saturated carbocycles. The third kappa shape index (κ3) is 4.39. The molecule has 9 heteroatoms. The summed E-state index contributed by atoms with van der Waals surface area (Å²) >= 11 is 0. The first-order valence-electron chi connectivity index (χ1n) is 10.6. The van der Waals surface area contributed by atoms with E-state index in [-0.39, 0.29) is 24.7 Å². The minimum Gasteiger partial charge on any atom is -0.497 e. The van der Waals surface area contributed by atoms with Gasteiger partial charge in [-0.25, -0.2) is 0 Å². The van der Waals surface area contributed by atoms with Gasteiger partial charge in [-0.15, -0.1) is 0 Å². The summed E-state index contributed by atoms with van der Waals surface area (Å²) in [5.41, 5.74) is 2.59. The van der Waals surface area contributed by atoms with Crippen LogP contribution in [0.4, 0.5) is 5.69 Å². The molecule has 0 spiro atoms. The van der Waals surface area contributed by atoms with Crippen LogP contribution in [0.25, 0.3) is 5.82 Å². The summed E-state index contributed by atoms with van der Waals surface area (Å²) < 4.78 is 17.4. The normalized spacial score (nSPS) is 15.7. The number of hydrogen-bond donors (Lipinski definition) is 0. The number of ether oxygens (including phenoxy) is 2. The summed E-state index contributed by atoms with van der Waals surface area (Å²) in [4.78, 5) is 39.4. The minimum atomic E-state index is -0.637. The van der Waals surface area contributed by atoms with Gasteiger partial charge in [-0.3, -0.25) is 19.0 Å². The molecule has 0 bridgehead atoms. The zero-order chi connectivity index (χ0) is 23.7. The van der Waals surface area contributed by atoms with Crippen molar-refractivity contribution in [2.24, 2.45) is 5.92 Å². The van der Waals surface area contributed by atoms with Gasteiger partial charge in [-0.05, 0) is 39.0 Å². The maximum atomic E-state index is 12.8. The number of aromatic nitrogens is 2. The third-order valence-corrected chi connectivity index (χ3v) is 5.75. The quantitative estimate of drug-likeness (QED) is 0.401. The number of nitrogens with zero attached hydrogens (tertiary/aromatic N) is 3. The van der Waals surface area contributed by atoms with Crippen molar-refractivity contribution in [3.8, 4) is 11.6 Å². The van der Waals surface area contributed by atoms with E-state index in [4.69, 9.17) is 14.0 Å². The Morgan fingerprint density at radius 2 is 1.97 bits per heavy atom. The predicted octanol–water partition coefficient (Wildman–Crippen LogP) is 3.18. The van der Waals surface area contributed by atoms with Crippen molar-refractivity contribution in [2.45, 2.75) is 27.2 Å². The smallest absolute Gasteiger partial charge is 0.311 e. The average molecular weight is 451 g/mol. The van der Waals surface area contributed by atoms with Gasteiger partial charge in [0.25, 0.3) is 0 Å². The molecule has 33 heavy (non-hydrogen) atoms. The molecule has 172 valence electrons. The molecule has 1 aliphatic rings. The number of benzene rings is 1. The van der Waals surface area contributed by atoms with E-state index in [2.05, 4.69) is 5.16 Å². The zero-order valence-corrected chi connectivity index (χ0v) is 19.0. The highest BCUT2D eigenvalue weighted by Crippen LogP contribution is 2.28. The molecule has 9 nitrogen and oxygen atoms in total. The van der Waals surface area contributed by atoms with Gasteiger partial charge in [-0.2, -0.15) is 0 Å². The number of carbonyl (C=O) groups is 3. The number of aryl methyl sites for hydroxylation is 2. The Kier molecular flexibility index (Phi) is 6.04. The Morgan fingerprint density at radius 1 is 1.18 bits per heavy atom. The summed E-state index contributed by atoms with van der Waals surface area (Å²) in [6.45, 7) is 5.24. The number of anilines is 1. The maximum Gasteiger partial charge on any atom is 0.311 e. The Labute approximate surface area is 190 Å². The van der Waals surface area contributed by atoms with E-state index < -0.39 is 18.5 Å². The van der Waals surface area contributed by atoms with Crippen molar-refractivity contribution in [3.63, 3.8) is 0 Å². The Balaban J connectivity index is 1.40. The molecule has 0 N–H and O–H groups in total. The molecule has 1 aliphatic heterocycles. The number of hydrogen-bond acceptors (Lipinski definition) is 7. The highest BCUT2D eigenvalue weighted by atomic mass is 16.5. The molecule has 3 aromatic rings. The molecule has 1 fully saturated rings. The van der Waals surface area contributed by atoms with Gasteiger partial charge in [0.2, 0.25) is 11.7 Å². The van der Waals surface area contributed by atoms with E-state index in [9.17, 15) is 14.4 Å². The van der Waals surface area contributed by atoms with Crippen molar-refractivity contribution in [3.05, 3.63) is 59.1 Å². The van der Waals surface area contributed by atoms with E-state index in [0.29, 0.717) is 34.3 Å². The summed E-state index contributed by atoms with van der Waals surface area (Å²) in [7, 11) is 1.55. The van der Waals surface area contributed by atoms with Crippen LogP contribution in [0, 0.1) is 26.7 Å². The van der Waals surface area contributed by atoms with Crippen molar-refractivity contribution < 1.29 is 28.4 Å². The van der Waals surface area contributed by atoms with Crippen LogP contribution in [0.1, 0.15) is 33.9 Å². The van der Waals surface area contributed by atoms with Gasteiger partial charge < -0.3 is 18.9 Å². The Morgan fingerprint density at radius 3 is 2.67 bits per heavy atom. The molecule has 2 aromatic heterocycles. The van der Waals surface area contributed by atoms with E-state index >= 15 is 0 Å². The molecule has 0 radical (unpaired) electrons. The second-order valence-electron chi connectivity index (χ2n) is 8.05. The number of rotatable bonds is 7. The molecule has 3 heterocycles. The van der Waals surface area contributed by atoms with Crippen LogP contribution >= 0.6 is 0 Å². The second-order valence-corrected chi connectivity index (χ2v) is 8.05. The summed E-state index contributed by atoms with van der Waals surface area (Å²) in [6.07, 6.45) is 0.0320. The predicted molar refractivity (Wildman–Crippen MR) is 119 cm³/mol. The lowest BCUT2D eigenvalue weighted by Gasteiger charge is -2.17. The fraction of sp³-hybridized carbons (Fsp3) is 0.333. The van der Waals surface area contributed by atoms with Crippen molar-refractivity contribution in [2.75, 3.05) is 25.2 Å². The number of carbonyl (C=O) groups excluding carboxylic acids is 3. The molecule has 1 amide bonds.